The molecule has 3 aromatic rings. The van der Waals surface area contributed by atoms with Gasteiger partial charge in [-0.2, -0.15) is 9.40 Å². The SMILES string of the molecule is Cc1cnc2c(S(=O)(=O)N3CCN(C(=O)c4ccc(=O)n(C)n4)CC3)cccc2c1. The summed E-state index contributed by atoms with van der Waals surface area (Å²) in [6.45, 7) is 2.72. The Labute approximate surface area is 173 Å². The maximum absolute atomic E-state index is 13.2. The lowest BCUT2D eigenvalue weighted by Crippen LogP contribution is -2.50. The number of amides is 1. The molecule has 0 bridgehead atoms. The molecular formula is C20H21N5O4S. The monoisotopic (exact) mass is 427 g/mol. The van der Waals surface area contributed by atoms with Crippen LogP contribution in [0.25, 0.3) is 10.9 Å². The number of fused-ring (bicyclic) bond motifs is 1. The fourth-order valence-electron chi connectivity index (χ4n) is 3.50. The Morgan fingerprint density at radius 3 is 2.50 bits per heavy atom. The summed E-state index contributed by atoms with van der Waals surface area (Å²) in [5.41, 5.74) is 1.25. The Kier molecular flexibility index (Phi) is 5.12. The number of carbonyl (C=O) groups excluding carboxylic acids is 1. The molecule has 1 aliphatic heterocycles. The fourth-order valence-corrected chi connectivity index (χ4v) is 5.09. The highest BCUT2D eigenvalue weighted by molar-refractivity contribution is 7.89. The first-order chi connectivity index (χ1) is 14.3. The Morgan fingerprint density at radius 2 is 1.80 bits per heavy atom. The minimum absolute atomic E-state index is 0.155. The van der Waals surface area contributed by atoms with Crippen molar-refractivity contribution in [3.05, 3.63) is 64.2 Å². The van der Waals surface area contributed by atoms with Crippen LogP contribution in [0.3, 0.4) is 0 Å². The zero-order valence-electron chi connectivity index (χ0n) is 16.6. The number of aromatic nitrogens is 3. The molecule has 0 spiro atoms. The van der Waals surface area contributed by atoms with Gasteiger partial charge in [0, 0.05) is 50.9 Å². The number of para-hydroxylation sites is 1. The minimum atomic E-state index is -3.76. The summed E-state index contributed by atoms with van der Waals surface area (Å²) in [5.74, 6) is -0.329. The number of rotatable bonds is 3. The fraction of sp³-hybridized carbons (Fsp3) is 0.300. The Morgan fingerprint density at radius 1 is 1.07 bits per heavy atom. The predicted octanol–water partition coefficient (Wildman–Crippen LogP) is 0.784. The molecule has 0 radical (unpaired) electrons. The second-order valence-corrected chi connectivity index (χ2v) is 9.12. The smallest absolute Gasteiger partial charge is 0.274 e. The third-order valence-corrected chi connectivity index (χ3v) is 7.06. The van der Waals surface area contributed by atoms with E-state index in [9.17, 15) is 18.0 Å². The van der Waals surface area contributed by atoms with Gasteiger partial charge in [-0.15, -0.1) is 0 Å². The van der Waals surface area contributed by atoms with Crippen LogP contribution in [0.15, 0.2) is 52.3 Å². The molecule has 1 fully saturated rings. The summed E-state index contributed by atoms with van der Waals surface area (Å²) in [5, 5.41) is 4.75. The molecule has 30 heavy (non-hydrogen) atoms. The van der Waals surface area contributed by atoms with Crippen LogP contribution in [0.1, 0.15) is 16.1 Å². The van der Waals surface area contributed by atoms with Crippen molar-refractivity contribution in [3.8, 4) is 0 Å². The minimum Gasteiger partial charge on any atom is -0.335 e. The van der Waals surface area contributed by atoms with Gasteiger partial charge in [0.25, 0.3) is 11.5 Å². The molecule has 156 valence electrons. The molecule has 0 saturated carbocycles. The summed E-state index contributed by atoms with van der Waals surface area (Å²) >= 11 is 0. The molecular weight excluding hydrogens is 406 g/mol. The summed E-state index contributed by atoms with van der Waals surface area (Å²) in [6, 6.07) is 9.68. The molecule has 3 heterocycles. The number of benzene rings is 1. The van der Waals surface area contributed by atoms with Gasteiger partial charge in [-0.25, -0.2) is 13.1 Å². The van der Waals surface area contributed by atoms with Gasteiger partial charge in [-0.1, -0.05) is 12.1 Å². The average Bonchev–Trinajstić information content (AvgIpc) is 2.74. The highest BCUT2D eigenvalue weighted by Gasteiger charge is 2.32. The van der Waals surface area contributed by atoms with E-state index in [1.807, 2.05) is 19.1 Å². The van der Waals surface area contributed by atoms with Crippen molar-refractivity contribution >= 4 is 26.8 Å². The van der Waals surface area contributed by atoms with Crippen LogP contribution in [0, 0.1) is 6.92 Å². The zero-order chi connectivity index (χ0) is 21.5. The number of hydrogen-bond acceptors (Lipinski definition) is 6. The average molecular weight is 427 g/mol. The van der Waals surface area contributed by atoms with Crippen LogP contribution in [0.4, 0.5) is 0 Å². The van der Waals surface area contributed by atoms with Gasteiger partial charge in [-0.3, -0.25) is 14.6 Å². The van der Waals surface area contributed by atoms with Crippen LogP contribution in [0.2, 0.25) is 0 Å². The number of pyridine rings is 1. The molecule has 0 N–H and O–H groups in total. The van der Waals surface area contributed by atoms with Gasteiger partial charge in [0.2, 0.25) is 10.0 Å². The third-order valence-electron chi connectivity index (χ3n) is 5.13. The molecule has 0 unspecified atom stereocenters. The van der Waals surface area contributed by atoms with E-state index in [0.717, 1.165) is 15.6 Å². The van der Waals surface area contributed by atoms with Crippen LogP contribution in [-0.4, -0.2) is 64.5 Å². The predicted molar refractivity (Wildman–Crippen MR) is 111 cm³/mol. The quantitative estimate of drug-likeness (QED) is 0.612. The van der Waals surface area contributed by atoms with Crippen molar-refractivity contribution < 1.29 is 13.2 Å². The number of hydrogen-bond donors (Lipinski definition) is 0. The van der Waals surface area contributed by atoms with Crippen molar-refractivity contribution in [3.63, 3.8) is 0 Å². The first-order valence-corrected chi connectivity index (χ1v) is 10.9. The van der Waals surface area contributed by atoms with Crippen LogP contribution >= 0.6 is 0 Å². The largest absolute Gasteiger partial charge is 0.335 e. The van der Waals surface area contributed by atoms with E-state index in [1.165, 1.54) is 23.5 Å². The normalized spacial score (nSPS) is 15.5. The highest BCUT2D eigenvalue weighted by atomic mass is 32.2. The van der Waals surface area contributed by atoms with E-state index in [-0.39, 0.29) is 48.2 Å². The summed E-state index contributed by atoms with van der Waals surface area (Å²) in [4.78, 5) is 30.2. The standard InChI is InChI=1S/C20H21N5O4S/c1-14-12-15-4-3-5-17(19(15)21-13-14)30(28,29)25-10-8-24(9-11-25)20(27)16-6-7-18(26)23(2)22-16/h3-7,12-13H,8-11H2,1-2H3. The molecule has 9 nitrogen and oxygen atoms in total. The van der Waals surface area contributed by atoms with Gasteiger partial charge in [0.05, 0.1) is 5.52 Å². The number of piperazine rings is 1. The van der Waals surface area contributed by atoms with Gasteiger partial charge in [-0.05, 0) is 30.7 Å². The van der Waals surface area contributed by atoms with Crippen molar-refractivity contribution in [1.82, 2.24) is 24.0 Å². The second-order valence-electron chi connectivity index (χ2n) is 7.22. The zero-order valence-corrected chi connectivity index (χ0v) is 17.5. The van der Waals surface area contributed by atoms with Crippen molar-refractivity contribution in [2.75, 3.05) is 26.2 Å². The number of aryl methyl sites for hydroxylation is 2. The number of nitrogens with zero attached hydrogens (tertiary/aromatic N) is 5. The van der Waals surface area contributed by atoms with Crippen LogP contribution in [-0.2, 0) is 17.1 Å². The lowest BCUT2D eigenvalue weighted by atomic mass is 10.2. The summed E-state index contributed by atoms with van der Waals surface area (Å²) in [6.07, 6.45) is 1.65. The summed E-state index contributed by atoms with van der Waals surface area (Å²) < 4.78 is 29.0. The van der Waals surface area contributed by atoms with E-state index in [0.29, 0.717) is 5.52 Å². The summed E-state index contributed by atoms with van der Waals surface area (Å²) in [7, 11) is -2.28. The second kappa shape index (κ2) is 7.62. The molecule has 1 aromatic carbocycles. The molecule has 10 heteroatoms. The van der Waals surface area contributed by atoms with Gasteiger partial charge in [0.1, 0.15) is 10.6 Å². The molecule has 0 atom stereocenters. The van der Waals surface area contributed by atoms with Gasteiger partial charge >= 0.3 is 0 Å². The topological polar surface area (TPSA) is 105 Å². The van der Waals surface area contributed by atoms with E-state index in [2.05, 4.69) is 10.1 Å². The first kappa shape index (κ1) is 20.2. The third kappa shape index (κ3) is 3.59. The molecule has 1 aliphatic rings. The van der Waals surface area contributed by atoms with Crippen molar-refractivity contribution in [2.45, 2.75) is 11.8 Å². The van der Waals surface area contributed by atoms with E-state index in [4.69, 9.17) is 0 Å². The van der Waals surface area contributed by atoms with E-state index < -0.39 is 10.0 Å². The first-order valence-electron chi connectivity index (χ1n) is 9.46. The van der Waals surface area contributed by atoms with Gasteiger partial charge in [0.15, 0.2) is 0 Å². The maximum Gasteiger partial charge on any atom is 0.274 e. The highest BCUT2D eigenvalue weighted by Crippen LogP contribution is 2.25. The Hall–Kier alpha value is -3.11. The van der Waals surface area contributed by atoms with Gasteiger partial charge < -0.3 is 4.90 Å². The van der Waals surface area contributed by atoms with Crippen LogP contribution < -0.4 is 5.56 Å². The molecule has 1 amide bonds. The van der Waals surface area contributed by atoms with E-state index >= 15 is 0 Å². The number of carbonyl (C=O) groups is 1. The van der Waals surface area contributed by atoms with Crippen molar-refractivity contribution in [2.24, 2.45) is 7.05 Å². The lowest BCUT2D eigenvalue weighted by molar-refractivity contribution is 0.0689. The molecule has 2 aromatic heterocycles. The lowest BCUT2D eigenvalue weighted by Gasteiger charge is -2.33. The maximum atomic E-state index is 13.2. The van der Waals surface area contributed by atoms with Crippen LogP contribution in [0.5, 0.6) is 0 Å². The molecule has 0 aliphatic carbocycles. The molecule has 1 saturated heterocycles. The number of sulfonamides is 1. The molecule has 4 rings (SSSR count). The Balaban J connectivity index is 1.54. The van der Waals surface area contributed by atoms with E-state index in [1.54, 1.807) is 23.2 Å². The Bertz CT molecular complexity index is 1290. The van der Waals surface area contributed by atoms with Crippen molar-refractivity contribution in [1.29, 1.82) is 0 Å².